The van der Waals surface area contributed by atoms with Crippen LogP contribution in [0.3, 0.4) is 0 Å². The molecule has 1 aromatic heterocycles. The first-order valence-electron chi connectivity index (χ1n) is 5.13. The molecule has 0 aliphatic heterocycles. The summed E-state index contributed by atoms with van der Waals surface area (Å²) in [6.07, 6.45) is 1.86. The Morgan fingerprint density at radius 2 is 1.94 bits per heavy atom. The van der Waals surface area contributed by atoms with Crippen molar-refractivity contribution in [3.63, 3.8) is 0 Å². The van der Waals surface area contributed by atoms with Crippen LogP contribution in [0.5, 0.6) is 0 Å². The fraction of sp³-hybridized carbons (Fsp3) is 0.0714. The summed E-state index contributed by atoms with van der Waals surface area (Å²) in [5, 5.41) is 9.17. The Labute approximate surface area is 110 Å². The van der Waals surface area contributed by atoms with Crippen molar-refractivity contribution < 1.29 is 0 Å². The van der Waals surface area contributed by atoms with Gasteiger partial charge in [0.2, 0.25) is 0 Å². The van der Waals surface area contributed by atoms with Gasteiger partial charge in [-0.3, -0.25) is 0 Å². The number of nitriles is 1. The zero-order valence-electron chi connectivity index (χ0n) is 9.27. The molecular formula is C14H10ClNS. The van der Waals surface area contributed by atoms with Gasteiger partial charge in [0, 0.05) is 4.88 Å². The number of rotatable bonds is 2. The highest BCUT2D eigenvalue weighted by molar-refractivity contribution is 7.17. The van der Waals surface area contributed by atoms with Gasteiger partial charge >= 0.3 is 0 Å². The Morgan fingerprint density at radius 3 is 2.47 bits per heavy atom. The number of nitrogens with zero attached hydrogens (tertiary/aromatic N) is 1. The van der Waals surface area contributed by atoms with Crippen molar-refractivity contribution in [3.8, 4) is 6.07 Å². The topological polar surface area (TPSA) is 23.8 Å². The standard InChI is InChI=1S/C14H10ClNS/c1-10-2-4-11(5-3-10)12(9-16)8-13-6-7-14(15)17-13/h2-8H,1H3/b12-8-. The van der Waals surface area contributed by atoms with Crippen molar-refractivity contribution in [2.75, 3.05) is 0 Å². The predicted octanol–water partition coefficient (Wildman–Crippen LogP) is 4.77. The maximum Gasteiger partial charge on any atom is 0.0998 e. The highest BCUT2D eigenvalue weighted by Gasteiger charge is 2.02. The quantitative estimate of drug-likeness (QED) is 0.713. The zero-order chi connectivity index (χ0) is 12.3. The molecule has 2 rings (SSSR count). The zero-order valence-corrected chi connectivity index (χ0v) is 10.8. The van der Waals surface area contributed by atoms with Crippen molar-refractivity contribution in [1.29, 1.82) is 5.26 Å². The fourth-order valence-corrected chi connectivity index (χ4v) is 2.47. The van der Waals surface area contributed by atoms with E-state index in [0.717, 1.165) is 14.8 Å². The van der Waals surface area contributed by atoms with Crippen LogP contribution >= 0.6 is 22.9 Å². The van der Waals surface area contributed by atoms with Gasteiger partial charge in [-0.25, -0.2) is 0 Å². The summed E-state index contributed by atoms with van der Waals surface area (Å²) in [7, 11) is 0. The summed E-state index contributed by atoms with van der Waals surface area (Å²) >= 11 is 7.33. The van der Waals surface area contributed by atoms with Crippen molar-refractivity contribution in [1.82, 2.24) is 0 Å². The van der Waals surface area contributed by atoms with Crippen LogP contribution in [-0.4, -0.2) is 0 Å². The van der Waals surface area contributed by atoms with Crippen LogP contribution in [0, 0.1) is 18.3 Å². The third-order valence-corrected chi connectivity index (χ3v) is 3.54. The van der Waals surface area contributed by atoms with Gasteiger partial charge in [-0.15, -0.1) is 11.3 Å². The molecular weight excluding hydrogens is 250 g/mol. The second kappa shape index (κ2) is 5.18. The van der Waals surface area contributed by atoms with Crippen LogP contribution in [0.25, 0.3) is 11.6 Å². The smallest absolute Gasteiger partial charge is 0.0998 e. The molecule has 84 valence electrons. The maximum atomic E-state index is 9.17. The molecule has 0 bridgehead atoms. The van der Waals surface area contributed by atoms with Crippen molar-refractivity contribution >= 4 is 34.6 Å². The fourth-order valence-electron chi connectivity index (χ4n) is 1.46. The summed E-state index contributed by atoms with van der Waals surface area (Å²) in [6.45, 7) is 2.03. The van der Waals surface area contributed by atoms with E-state index in [1.165, 1.54) is 16.9 Å². The molecule has 17 heavy (non-hydrogen) atoms. The molecule has 0 spiro atoms. The lowest BCUT2D eigenvalue weighted by Crippen LogP contribution is -1.81. The number of aryl methyl sites for hydroxylation is 1. The minimum absolute atomic E-state index is 0.656. The van der Waals surface area contributed by atoms with E-state index in [0.29, 0.717) is 5.57 Å². The minimum atomic E-state index is 0.656. The van der Waals surface area contributed by atoms with Gasteiger partial charge in [-0.05, 0) is 30.7 Å². The monoisotopic (exact) mass is 259 g/mol. The van der Waals surface area contributed by atoms with Crippen LogP contribution < -0.4 is 0 Å². The van der Waals surface area contributed by atoms with Crippen LogP contribution in [0.4, 0.5) is 0 Å². The van der Waals surface area contributed by atoms with Gasteiger partial charge < -0.3 is 0 Å². The largest absolute Gasteiger partial charge is 0.192 e. The summed E-state index contributed by atoms with van der Waals surface area (Å²) in [5.74, 6) is 0. The number of benzene rings is 1. The second-order valence-corrected chi connectivity index (χ2v) is 5.42. The van der Waals surface area contributed by atoms with Crippen LogP contribution in [-0.2, 0) is 0 Å². The van der Waals surface area contributed by atoms with Gasteiger partial charge in [-0.2, -0.15) is 5.26 Å². The Bertz CT molecular complexity index is 587. The number of hydrogen-bond donors (Lipinski definition) is 0. The lowest BCUT2D eigenvalue weighted by atomic mass is 10.0. The number of allylic oxidation sites excluding steroid dienone is 1. The molecule has 3 heteroatoms. The molecule has 2 aromatic rings. The Balaban J connectivity index is 2.37. The summed E-state index contributed by atoms with van der Waals surface area (Å²) in [6, 6.07) is 13.9. The van der Waals surface area contributed by atoms with Gasteiger partial charge in [0.25, 0.3) is 0 Å². The van der Waals surface area contributed by atoms with E-state index in [9.17, 15) is 5.26 Å². The molecule has 1 nitrogen and oxygen atoms in total. The summed E-state index contributed by atoms with van der Waals surface area (Å²) in [4.78, 5) is 0.993. The third kappa shape index (κ3) is 2.97. The van der Waals surface area contributed by atoms with Crippen molar-refractivity contribution in [3.05, 3.63) is 56.7 Å². The molecule has 0 amide bonds. The maximum absolute atomic E-state index is 9.17. The van der Waals surface area contributed by atoms with E-state index in [2.05, 4.69) is 6.07 Å². The number of thiophene rings is 1. The first kappa shape index (κ1) is 11.9. The first-order valence-corrected chi connectivity index (χ1v) is 6.32. The van der Waals surface area contributed by atoms with Crippen LogP contribution in [0.2, 0.25) is 4.34 Å². The van der Waals surface area contributed by atoms with Crippen LogP contribution in [0.15, 0.2) is 36.4 Å². The average Bonchev–Trinajstić information content (AvgIpc) is 2.73. The van der Waals surface area contributed by atoms with Crippen molar-refractivity contribution in [2.45, 2.75) is 6.92 Å². The Hall–Kier alpha value is -1.56. The van der Waals surface area contributed by atoms with E-state index in [1.54, 1.807) is 0 Å². The van der Waals surface area contributed by atoms with Gasteiger partial charge in [0.05, 0.1) is 16.0 Å². The van der Waals surface area contributed by atoms with E-state index in [4.69, 9.17) is 11.6 Å². The molecule has 1 heterocycles. The van der Waals surface area contributed by atoms with Gasteiger partial charge in [-0.1, -0.05) is 41.4 Å². The Kier molecular flexibility index (Phi) is 3.63. The second-order valence-electron chi connectivity index (χ2n) is 3.68. The molecule has 0 fully saturated rings. The molecule has 1 aromatic carbocycles. The summed E-state index contributed by atoms with van der Waals surface area (Å²) in [5.41, 5.74) is 2.77. The molecule has 0 radical (unpaired) electrons. The highest BCUT2D eigenvalue weighted by atomic mass is 35.5. The normalized spacial score (nSPS) is 11.2. The van der Waals surface area contributed by atoms with E-state index in [-0.39, 0.29) is 0 Å². The molecule has 0 aliphatic carbocycles. The van der Waals surface area contributed by atoms with Crippen molar-refractivity contribution in [2.24, 2.45) is 0 Å². The van der Waals surface area contributed by atoms with Gasteiger partial charge in [0.1, 0.15) is 0 Å². The predicted molar refractivity (Wildman–Crippen MR) is 74.0 cm³/mol. The Morgan fingerprint density at radius 1 is 1.24 bits per heavy atom. The van der Waals surface area contributed by atoms with E-state index >= 15 is 0 Å². The first-order chi connectivity index (χ1) is 8.19. The third-order valence-electron chi connectivity index (χ3n) is 2.36. The molecule has 0 saturated heterocycles. The molecule has 0 saturated carbocycles. The minimum Gasteiger partial charge on any atom is -0.192 e. The van der Waals surface area contributed by atoms with E-state index < -0.39 is 0 Å². The lowest BCUT2D eigenvalue weighted by Gasteiger charge is -1.99. The molecule has 0 unspecified atom stereocenters. The molecule has 0 N–H and O–H groups in total. The highest BCUT2D eigenvalue weighted by Crippen LogP contribution is 2.26. The number of hydrogen-bond acceptors (Lipinski definition) is 2. The summed E-state index contributed by atoms with van der Waals surface area (Å²) < 4.78 is 0.734. The van der Waals surface area contributed by atoms with Crippen LogP contribution in [0.1, 0.15) is 16.0 Å². The van der Waals surface area contributed by atoms with E-state index in [1.807, 2.05) is 49.4 Å². The SMILES string of the molecule is Cc1ccc(/C(C#N)=C\c2ccc(Cl)s2)cc1. The lowest BCUT2D eigenvalue weighted by molar-refractivity contribution is 1.45. The van der Waals surface area contributed by atoms with Gasteiger partial charge in [0.15, 0.2) is 0 Å². The molecule has 0 atom stereocenters. The number of halogens is 1. The molecule has 0 aliphatic rings. The average molecular weight is 260 g/mol.